The molecule has 0 aromatic heterocycles. The number of halogens is 2. The van der Waals surface area contributed by atoms with Gasteiger partial charge in [0.2, 0.25) is 0 Å². The lowest BCUT2D eigenvalue weighted by molar-refractivity contribution is 0.0988. The molecule has 1 atom stereocenters. The zero-order valence-corrected chi connectivity index (χ0v) is 11.2. The van der Waals surface area contributed by atoms with Gasteiger partial charge < -0.3 is 0 Å². The molecule has 0 N–H and O–H groups in total. The second kappa shape index (κ2) is 4.89. The number of Topliss-reactive ketones (excluding diaryl/α,β-unsaturated/α-hetero) is 1. The average Bonchev–Trinajstić information content (AvgIpc) is 2.74. The molecule has 1 heterocycles. The SMILES string of the molecule is O=C(c1ccc(Cl)c(Br)c1)C1CCCS1. The number of hydrogen-bond acceptors (Lipinski definition) is 2. The zero-order chi connectivity index (χ0) is 10.8. The van der Waals surface area contributed by atoms with Gasteiger partial charge in [0.1, 0.15) is 0 Å². The summed E-state index contributed by atoms with van der Waals surface area (Å²) in [4.78, 5) is 12.0. The Kier molecular flexibility index (Phi) is 3.75. The van der Waals surface area contributed by atoms with Gasteiger partial charge in [0.15, 0.2) is 5.78 Å². The number of benzene rings is 1. The molecule has 0 saturated carbocycles. The fraction of sp³-hybridized carbons (Fsp3) is 0.364. The van der Waals surface area contributed by atoms with Crippen molar-refractivity contribution in [2.75, 3.05) is 5.75 Å². The fourth-order valence-corrected chi connectivity index (χ4v) is 3.35. The van der Waals surface area contributed by atoms with E-state index < -0.39 is 0 Å². The smallest absolute Gasteiger partial charge is 0.175 e. The minimum Gasteiger partial charge on any atom is -0.293 e. The van der Waals surface area contributed by atoms with Crippen LogP contribution in [-0.4, -0.2) is 16.8 Å². The molecule has 1 nitrogen and oxygen atoms in total. The van der Waals surface area contributed by atoms with Gasteiger partial charge in [-0.05, 0) is 52.7 Å². The van der Waals surface area contributed by atoms with Crippen LogP contribution in [0, 0.1) is 0 Å². The van der Waals surface area contributed by atoms with Crippen LogP contribution in [0.25, 0.3) is 0 Å². The summed E-state index contributed by atoms with van der Waals surface area (Å²) in [5.41, 5.74) is 0.755. The van der Waals surface area contributed by atoms with E-state index in [0.717, 1.165) is 28.6 Å². The standard InChI is InChI=1S/C11H10BrClOS/c12-8-6-7(3-4-9(8)13)11(14)10-2-1-5-15-10/h3-4,6,10H,1-2,5H2. The molecular formula is C11H10BrClOS. The summed E-state index contributed by atoms with van der Waals surface area (Å²) in [5.74, 6) is 1.33. The van der Waals surface area contributed by atoms with Crippen LogP contribution >= 0.6 is 39.3 Å². The van der Waals surface area contributed by atoms with Gasteiger partial charge in [-0.25, -0.2) is 0 Å². The summed E-state index contributed by atoms with van der Waals surface area (Å²) in [6.07, 6.45) is 2.15. The maximum Gasteiger partial charge on any atom is 0.175 e. The molecule has 1 aromatic rings. The van der Waals surface area contributed by atoms with Crippen molar-refractivity contribution in [3.63, 3.8) is 0 Å². The van der Waals surface area contributed by atoms with E-state index in [1.165, 1.54) is 0 Å². The molecule has 1 unspecified atom stereocenters. The molecule has 2 rings (SSSR count). The molecular weight excluding hydrogens is 296 g/mol. The molecule has 15 heavy (non-hydrogen) atoms. The Morgan fingerprint density at radius 3 is 2.93 bits per heavy atom. The van der Waals surface area contributed by atoms with Crippen LogP contribution in [0.2, 0.25) is 5.02 Å². The van der Waals surface area contributed by atoms with Crippen molar-refractivity contribution in [2.24, 2.45) is 0 Å². The van der Waals surface area contributed by atoms with E-state index in [1.54, 1.807) is 23.9 Å². The van der Waals surface area contributed by atoms with E-state index in [-0.39, 0.29) is 11.0 Å². The molecule has 0 spiro atoms. The predicted octanol–water partition coefficient (Wildman–Crippen LogP) is 4.18. The van der Waals surface area contributed by atoms with E-state index in [4.69, 9.17) is 11.6 Å². The summed E-state index contributed by atoms with van der Waals surface area (Å²) < 4.78 is 0.790. The zero-order valence-electron chi connectivity index (χ0n) is 8.00. The van der Waals surface area contributed by atoms with Gasteiger partial charge in [-0.1, -0.05) is 11.6 Å². The third kappa shape index (κ3) is 2.58. The Morgan fingerprint density at radius 2 is 2.33 bits per heavy atom. The Labute approximate surface area is 107 Å². The number of hydrogen-bond donors (Lipinski definition) is 0. The number of thioether (sulfide) groups is 1. The number of carbonyl (C=O) groups excluding carboxylic acids is 1. The lowest BCUT2D eigenvalue weighted by Crippen LogP contribution is -2.13. The van der Waals surface area contributed by atoms with Crippen molar-refractivity contribution in [3.8, 4) is 0 Å². The average molecular weight is 306 g/mol. The van der Waals surface area contributed by atoms with Gasteiger partial charge in [0.25, 0.3) is 0 Å². The minimum absolute atomic E-state index is 0.151. The van der Waals surface area contributed by atoms with Crippen LogP contribution < -0.4 is 0 Å². The third-order valence-corrected chi connectivity index (χ3v) is 5.02. The second-order valence-corrected chi connectivity index (χ2v) is 6.07. The largest absolute Gasteiger partial charge is 0.293 e. The van der Waals surface area contributed by atoms with Gasteiger partial charge in [-0.15, -0.1) is 0 Å². The summed E-state index contributed by atoms with van der Waals surface area (Å²) in [5, 5.41) is 0.795. The Morgan fingerprint density at radius 1 is 1.53 bits per heavy atom. The first-order valence-corrected chi connectivity index (χ1v) is 7.01. The maximum absolute atomic E-state index is 12.0. The first-order chi connectivity index (χ1) is 7.18. The number of ketones is 1. The highest BCUT2D eigenvalue weighted by molar-refractivity contribution is 9.10. The van der Waals surface area contributed by atoms with Crippen LogP contribution in [0.4, 0.5) is 0 Å². The molecule has 0 aliphatic carbocycles. The van der Waals surface area contributed by atoms with Crippen LogP contribution in [0.5, 0.6) is 0 Å². The summed E-state index contributed by atoms with van der Waals surface area (Å²) in [6, 6.07) is 5.37. The van der Waals surface area contributed by atoms with Crippen molar-refractivity contribution in [1.29, 1.82) is 0 Å². The van der Waals surface area contributed by atoms with E-state index in [2.05, 4.69) is 15.9 Å². The summed E-state index contributed by atoms with van der Waals surface area (Å²) in [6.45, 7) is 0. The summed E-state index contributed by atoms with van der Waals surface area (Å²) >= 11 is 11.0. The van der Waals surface area contributed by atoms with Crippen molar-refractivity contribution in [3.05, 3.63) is 33.3 Å². The molecule has 1 saturated heterocycles. The monoisotopic (exact) mass is 304 g/mol. The third-order valence-electron chi connectivity index (χ3n) is 2.43. The van der Waals surface area contributed by atoms with Crippen LogP contribution in [0.3, 0.4) is 0 Å². The molecule has 1 aliphatic heterocycles. The van der Waals surface area contributed by atoms with Gasteiger partial charge in [-0.3, -0.25) is 4.79 Å². The first-order valence-electron chi connectivity index (χ1n) is 4.79. The van der Waals surface area contributed by atoms with Gasteiger partial charge in [0.05, 0.1) is 10.3 Å². The molecule has 80 valence electrons. The second-order valence-electron chi connectivity index (χ2n) is 3.49. The normalized spacial score (nSPS) is 20.5. The maximum atomic E-state index is 12.0. The molecule has 1 aliphatic rings. The number of rotatable bonds is 2. The van der Waals surface area contributed by atoms with Crippen molar-refractivity contribution < 1.29 is 4.79 Å². The Hall–Kier alpha value is 0.01000. The van der Waals surface area contributed by atoms with E-state index >= 15 is 0 Å². The van der Waals surface area contributed by atoms with Crippen molar-refractivity contribution in [2.45, 2.75) is 18.1 Å². The van der Waals surface area contributed by atoms with Gasteiger partial charge in [0, 0.05) is 10.0 Å². The molecule has 1 aromatic carbocycles. The first kappa shape index (κ1) is 11.5. The fourth-order valence-electron chi connectivity index (χ4n) is 1.62. The molecule has 0 radical (unpaired) electrons. The topological polar surface area (TPSA) is 17.1 Å². The number of carbonyl (C=O) groups is 1. The quantitative estimate of drug-likeness (QED) is 0.762. The van der Waals surface area contributed by atoms with Gasteiger partial charge in [-0.2, -0.15) is 11.8 Å². The Balaban J connectivity index is 2.21. The van der Waals surface area contributed by atoms with Crippen LogP contribution in [0.15, 0.2) is 22.7 Å². The lowest BCUT2D eigenvalue weighted by atomic mass is 10.1. The Bertz CT molecular complexity index is 388. The van der Waals surface area contributed by atoms with Crippen LogP contribution in [0.1, 0.15) is 23.2 Å². The van der Waals surface area contributed by atoms with Gasteiger partial charge >= 0.3 is 0 Å². The van der Waals surface area contributed by atoms with Crippen LogP contribution in [-0.2, 0) is 0 Å². The highest BCUT2D eigenvalue weighted by atomic mass is 79.9. The van der Waals surface area contributed by atoms with Crippen molar-refractivity contribution in [1.82, 2.24) is 0 Å². The summed E-state index contributed by atoms with van der Waals surface area (Å²) in [7, 11) is 0. The highest BCUT2D eigenvalue weighted by Crippen LogP contribution is 2.31. The lowest BCUT2D eigenvalue weighted by Gasteiger charge is -2.07. The highest BCUT2D eigenvalue weighted by Gasteiger charge is 2.24. The molecule has 0 bridgehead atoms. The molecule has 0 amide bonds. The molecule has 4 heteroatoms. The predicted molar refractivity (Wildman–Crippen MR) is 69.0 cm³/mol. The van der Waals surface area contributed by atoms with E-state index in [1.807, 2.05) is 6.07 Å². The minimum atomic E-state index is 0.151. The van der Waals surface area contributed by atoms with Crippen molar-refractivity contribution >= 4 is 45.1 Å². The van der Waals surface area contributed by atoms with E-state index in [0.29, 0.717) is 5.02 Å². The van der Waals surface area contributed by atoms with E-state index in [9.17, 15) is 4.79 Å². The molecule has 1 fully saturated rings.